The summed E-state index contributed by atoms with van der Waals surface area (Å²) in [6.07, 6.45) is 2.26. The van der Waals surface area contributed by atoms with Crippen LogP contribution in [-0.4, -0.2) is 41.2 Å². The molecule has 2 atom stereocenters. The number of carbonyl (C=O) groups is 2. The summed E-state index contributed by atoms with van der Waals surface area (Å²) in [5, 5.41) is 21.6. The fourth-order valence-electron chi connectivity index (χ4n) is 4.04. The van der Waals surface area contributed by atoms with E-state index in [1.165, 1.54) is 0 Å². The molecule has 1 aromatic rings. The number of ether oxygens (including phenoxy) is 1. The van der Waals surface area contributed by atoms with Gasteiger partial charge in [-0.3, -0.25) is 4.79 Å². The fourth-order valence-corrected chi connectivity index (χ4v) is 4.04. The molecule has 3 rings (SSSR count). The number of aliphatic carboxylic acids is 1. The van der Waals surface area contributed by atoms with Crippen LogP contribution >= 0.6 is 0 Å². The van der Waals surface area contributed by atoms with E-state index in [-0.39, 0.29) is 24.6 Å². The van der Waals surface area contributed by atoms with Crippen LogP contribution in [0, 0.1) is 22.7 Å². The number of anilines is 1. The zero-order chi connectivity index (χ0) is 18.9. The molecule has 1 aliphatic carbocycles. The van der Waals surface area contributed by atoms with Crippen LogP contribution in [0.15, 0.2) is 18.2 Å². The van der Waals surface area contributed by atoms with Crippen LogP contribution in [0.2, 0.25) is 0 Å². The van der Waals surface area contributed by atoms with Gasteiger partial charge in [-0.05, 0) is 50.8 Å². The lowest BCUT2D eigenvalue weighted by molar-refractivity contribution is -0.149. The number of nitrogens with one attached hydrogen (secondary N) is 1. The maximum Gasteiger partial charge on any atom is 0.321 e. The first-order valence-corrected chi connectivity index (χ1v) is 8.86. The Balaban J connectivity index is 1.78. The molecule has 2 amide bonds. The molecule has 26 heavy (non-hydrogen) atoms. The summed E-state index contributed by atoms with van der Waals surface area (Å²) < 4.78 is 5.70. The van der Waals surface area contributed by atoms with Crippen molar-refractivity contribution in [3.05, 3.63) is 23.8 Å². The van der Waals surface area contributed by atoms with Crippen molar-refractivity contribution in [2.24, 2.45) is 11.3 Å². The van der Waals surface area contributed by atoms with Crippen molar-refractivity contribution in [1.29, 1.82) is 5.26 Å². The standard InChI is InChI=1S/C19H23N3O4/c1-12(2)26-16-6-5-13(9-20)8-15(16)21-18(25)22-10-14-4-3-7-19(14,11-22)17(23)24/h5-6,8,12,14H,3-4,7,10-11H2,1-2H3,(H,21,25)(H,23,24)/t14-,19+/m0/s1. The van der Waals surface area contributed by atoms with Gasteiger partial charge in [0.2, 0.25) is 0 Å². The van der Waals surface area contributed by atoms with E-state index < -0.39 is 11.4 Å². The van der Waals surface area contributed by atoms with Crippen molar-refractivity contribution in [2.45, 2.75) is 39.2 Å². The highest BCUT2D eigenvalue weighted by Gasteiger charge is 2.55. The quantitative estimate of drug-likeness (QED) is 0.862. The lowest BCUT2D eigenvalue weighted by Crippen LogP contribution is -2.38. The topological polar surface area (TPSA) is 103 Å². The molecule has 138 valence electrons. The van der Waals surface area contributed by atoms with Crippen molar-refractivity contribution in [1.82, 2.24) is 4.90 Å². The van der Waals surface area contributed by atoms with E-state index in [1.807, 2.05) is 19.9 Å². The molecular formula is C19H23N3O4. The summed E-state index contributed by atoms with van der Waals surface area (Å²) in [5.74, 6) is -0.326. The lowest BCUT2D eigenvalue weighted by atomic mass is 9.81. The molecule has 0 unspecified atom stereocenters. The molecule has 2 aliphatic rings. The van der Waals surface area contributed by atoms with E-state index in [0.29, 0.717) is 30.0 Å². The minimum atomic E-state index is -0.816. The molecule has 0 bridgehead atoms. The monoisotopic (exact) mass is 357 g/mol. The highest BCUT2D eigenvalue weighted by molar-refractivity contribution is 5.92. The number of carboxylic acids is 1. The fraction of sp³-hybridized carbons (Fsp3) is 0.526. The molecular weight excluding hydrogens is 334 g/mol. The summed E-state index contributed by atoms with van der Waals surface area (Å²) in [6, 6.07) is 6.55. The predicted molar refractivity (Wildman–Crippen MR) is 94.9 cm³/mol. The van der Waals surface area contributed by atoms with Crippen molar-refractivity contribution in [2.75, 3.05) is 18.4 Å². The Morgan fingerprint density at radius 2 is 2.23 bits per heavy atom. The summed E-state index contributed by atoms with van der Waals surface area (Å²) in [4.78, 5) is 26.1. The summed E-state index contributed by atoms with van der Waals surface area (Å²) in [7, 11) is 0. The molecule has 1 saturated heterocycles. The van der Waals surface area contributed by atoms with Gasteiger partial charge in [0.15, 0.2) is 0 Å². The summed E-state index contributed by atoms with van der Waals surface area (Å²) >= 11 is 0. The van der Waals surface area contributed by atoms with Gasteiger partial charge in [-0.1, -0.05) is 6.42 Å². The molecule has 0 aromatic heterocycles. The first-order chi connectivity index (χ1) is 12.4. The highest BCUT2D eigenvalue weighted by Crippen LogP contribution is 2.49. The van der Waals surface area contributed by atoms with Crippen molar-refractivity contribution < 1.29 is 19.4 Å². The number of carbonyl (C=O) groups excluding carboxylic acids is 1. The highest BCUT2D eigenvalue weighted by atomic mass is 16.5. The van der Waals surface area contributed by atoms with Gasteiger partial charge in [0.05, 0.1) is 28.8 Å². The van der Waals surface area contributed by atoms with E-state index >= 15 is 0 Å². The average Bonchev–Trinajstić information content (AvgIpc) is 3.14. The lowest BCUT2D eigenvalue weighted by Gasteiger charge is -2.24. The van der Waals surface area contributed by atoms with E-state index in [1.54, 1.807) is 23.1 Å². The van der Waals surface area contributed by atoms with Gasteiger partial charge >= 0.3 is 12.0 Å². The van der Waals surface area contributed by atoms with Crippen molar-refractivity contribution in [3.63, 3.8) is 0 Å². The number of benzene rings is 1. The third kappa shape index (κ3) is 3.19. The number of likely N-dealkylation sites (tertiary alicyclic amines) is 1. The van der Waals surface area contributed by atoms with Gasteiger partial charge in [0.25, 0.3) is 0 Å². The number of fused-ring (bicyclic) bond motifs is 1. The maximum absolute atomic E-state index is 12.7. The van der Waals surface area contributed by atoms with Crippen LogP contribution in [-0.2, 0) is 4.79 Å². The Hall–Kier alpha value is -2.75. The van der Waals surface area contributed by atoms with E-state index in [9.17, 15) is 14.7 Å². The molecule has 1 saturated carbocycles. The van der Waals surface area contributed by atoms with Gasteiger partial charge in [0, 0.05) is 13.1 Å². The number of nitrogens with zero attached hydrogens (tertiary/aromatic N) is 2. The first-order valence-electron chi connectivity index (χ1n) is 8.86. The number of amides is 2. The molecule has 0 spiro atoms. The van der Waals surface area contributed by atoms with Gasteiger partial charge in [0.1, 0.15) is 5.75 Å². The number of hydrogen-bond donors (Lipinski definition) is 2. The van der Waals surface area contributed by atoms with E-state index in [2.05, 4.69) is 5.32 Å². The average molecular weight is 357 g/mol. The normalized spacial score (nSPS) is 24.2. The van der Waals surface area contributed by atoms with Crippen molar-refractivity contribution >= 4 is 17.7 Å². The van der Waals surface area contributed by atoms with Crippen LogP contribution in [0.5, 0.6) is 5.75 Å². The number of rotatable bonds is 4. The van der Waals surface area contributed by atoms with E-state index in [0.717, 1.165) is 12.8 Å². The molecule has 2 fully saturated rings. The zero-order valence-corrected chi connectivity index (χ0v) is 15.0. The number of urea groups is 1. The second-order valence-electron chi connectivity index (χ2n) is 7.35. The molecule has 7 nitrogen and oxygen atoms in total. The SMILES string of the molecule is CC(C)Oc1ccc(C#N)cc1NC(=O)N1C[C@@H]2CCC[C@@]2(C(=O)O)C1. The molecule has 7 heteroatoms. The third-order valence-electron chi connectivity index (χ3n) is 5.30. The van der Waals surface area contributed by atoms with Crippen LogP contribution in [0.25, 0.3) is 0 Å². The smallest absolute Gasteiger partial charge is 0.321 e. The Morgan fingerprint density at radius 3 is 2.85 bits per heavy atom. The van der Waals surface area contributed by atoms with Crippen molar-refractivity contribution in [3.8, 4) is 11.8 Å². The summed E-state index contributed by atoms with van der Waals surface area (Å²) in [5.41, 5.74) is 0.0178. The molecule has 1 heterocycles. The van der Waals surface area contributed by atoms with E-state index in [4.69, 9.17) is 10.00 Å². The Morgan fingerprint density at radius 1 is 1.46 bits per heavy atom. The Bertz CT molecular complexity index is 771. The summed E-state index contributed by atoms with van der Waals surface area (Å²) in [6.45, 7) is 4.41. The first kappa shape index (κ1) is 18.1. The Kier molecular flexibility index (Phi) is 4.77. The largest absolute Gasteiger partial charge is 0.489 e. The van der Waals surface area contributed by atoms with Crippen LogP contribution in [0.4, 0.5) is 10.5 Å². The van der Waals surface area contributed by atoms with Gasteiger partial charge in [-0.25, -0.2) is 4.79 Å². The Labute approximate surface area is 152 Å². The molecule has 0 radical (unpaired) electrons. The number of nitriles is 1. The molecule has 2 N–H and O–H groups in total. The second-order valence-corrected chi connectivity index (χ2v) is 7.35. The molecule has 1 aliphatic heterocycles. The zero-order valence-electron chi connectivity index (χ0n) is 15.0. The van der Waals surface area contributed by atoms with Gasteiger partial charge in [-0.15, -0.1) is 0 Å². The van der Waals surface area contributed by atoms with Crippen LogP contribution in [0.1, 0.15) is 38.7 Å². The van der Waals surface area contributed by atoms with Crippen LogP contribution < -0.4 is 10.1 Å². The maximum atomic E-state index is 12.7. The van der Waals surface area contributed by atoms with Crippen LogP contribution in [0.3, 0.4) is 0 Å². The number of hydrogen-bond acceptors (Lipinski definition) is 4. The minimum Gasteiger partial charge on any atom is -0.489 e. The van der Waals surface area contributed by atoms with Gasteiger partial charge < -0.3 is 20.1 Å². The second kappa shape index (κ2) is 6.87. The predicted octanol–water partition coefficient (Wildman–Crippen LogP) is 3.06. The number of carboxylic acid groups (broad SMARTS) is 1. The molecule has 1 aromatic carbocycles. The van der Waals surface area contributed by atoms with Gasteiger partial charge in [-0.2, -0.15) is 5.26 Å². The third-order valence-corrected chi connectivity index (χ3v) is 5.30. The minimum absolute atomic E-state index is 0.00239.